The Balaban J connectivity index is 3.05. The number of rotatable bonds is 6. The minimum atomic E-state index is -3.72. The normalized spacial score (nSPS) is 11.8. The van der Waals surface area contributed by atoms with Crippen LogP contribution in [0.5, 0.6) is 0 Å². The van der Waals surface area contributed by atoms with Crippen molar-refractivity contribution in [3.8, 4) is 0 Å². The maximum atomic E-state index is 12.3. The van der Waals surface area contributed by atoms with E-state index >= 15 is 0 Å². The molecule has 1 rings (SSSR count). The van der Waals surface area contributed by atoms with Gasteiger partial charge in [-0.3, -0.25) is 9.89 Å². The molecule has 0 amide bonds. The second-order valence-electron chi connectivity index (χ2n) is 3.77. The van der Waals surface area contributed by atoms with E-state index in [-0.39, 0.29) is 18.0 Å². The molecule has 1 aromatic rings. The lowest BCUT2D eigenvalue weighted by Crippen LogP contribution is -2.36. The molecule has 0 aliphatic rings. The minimum Gasteiger partial charge on any atom is -0.468 e. The van der Waals surface area contributed by atoms with Crippen molar-refractivity contribution in [2.24, 2.45) is 0 Å². The zero-order chi connectivity index (χ0) is 13.8. The van der Waals surface area contributed by atoms with Crippen LogP contribution in [0.15, 0.2) is 11.1 Å². The Hall–Kier alpha value is -1.41. The monoisotopic (exact) mass is 275 g/mol. The molecule has 0 unspecified atom stereocenters. The van der Waals surface area contributed by atoms with Gasteiger partial charge in [-0.25, -0.2) is 8.42 Å². The van der Waals surface area contributed by atoms with Gasteiger partial charge in [-0.2, -0.15) is 9.40 Å². The number of carbonyl (C=O) groups excluding carboxylic acids is 1. The van der Waals surface area contributed by atoms with Crippen LogP contribution in [0.25, 0.3) is 0 Å². The van der Waals surface area contributed by atoms with Gasteiger partial charge in [0.15, 0.2) is 0 Å². The molecule has 0 aliphatic heterocycles. The molecule has 0 saturated carbocycles. The first-order valence-corrected chi connectivity index (χ1v) is 6.94. The maximum Gasteiger partial charge on any atom is 0.321 e. The Morgan fingerprint density at radius 1 is 1.56 bits per heavy atom. The van der Waals surface area contributed by atoms with E-state index in [1.165, 1.54) is 13.3 Å². The lowest BCUT2D eigenvalue weighted by Gasteiger charge is -2.19. The van der Waals surface area contributed by atoms with E-state index in [9.17, 15) is 13.2 Å². The number of aryl methyl sites for hydroxylation is 1. The summed E-state index contributed by atoms with van der Waals surface area (Å²) in [5.74, 6) is -0.590. The molecule has 0 aliphatic carbocycles. The number of nitrogens with zero attached hydrogens (tertiary/aromatic N) is 2. The second-order valence-corrected chi connectivity index (χ2v) is 5.68. The van der Waals surface area contributed by atoms with Gasteiger partial charge in [-0.1, -0.05) is 6.92 Å². The van der Waals surface area contributed by atoms with Crippen LogP contribution in [-0.4, -0.2) is 49.1 Å². The van der Waals surface area contributed by atoms with E-state index in [1.54, 1.807) is 6.92 Å². The van der Waals surface area contributed by atoms with Crippen molar-refractivity contribution in [1.29, 1.82) is 0 Å². The fourth-order valence-electron chi connectivity index (χ4n) is 1.48. The second kappa shape index (κ2) is 5.96. The Kier molecular flexibility index (Phi) is 4.85. The summed E-state index contributed by atoms with van der Waals surface area (Å²) in [6.07, 6.45) is 1.84. The number of hydrogen-bond acceptors (Lipinski definition) is 5. The number of hydrogen-bond donors (Lipinski definition) is 1. The zero-order valence-corrected chi connectivity index (χ0v) is 11.5. The van der Waals surface area contributed by atoms with E-state index in [4.69, 9.17) is 0 Å². The van der Waals surface area contributed by atoms with Crippen LogP contribution in [-0.2, 0) is 19.6 Å². The molecule has 0 radical (unpaired) electrons. The third-order valence-corrected chi connectivity index (χ3v) is 4.37. The van der Waals surface area contributed by atoms with Crippen LogP contribution in [0.4, 0.5) is 0 Å². The van der Waals surface area contributed by atoms with Crippen molar-refractivity contribution in [3.63, 3.8) is 0 Å². The van der Waals surface area contributed by atoms with Crippen LogP contribution in [0.1, 0.15) is 19.0 Å². The quantitative estimate of drug-likeness (QED) is 0.753. The number of carbonyl (C=O) groups is 1. The number of ether oxygens (including phenoxy) is 1. The minimum absolute atomic E-state index is 0.0832. The summed E-state index contributed by atoms with van der Waals surface area (Å²) in [7, 11) is -2.49. The lowest BCUT2D eigenvalue weighted by molar-refractivity contribution is -0.140. The molecule has 0 aromatic carbocycles. The van der Waals surface area contributed by atoms with Gasteiger partial charge in [0.1, 0.15) is 11.4 Å². The third kappa shape index (κ3) is 3.08. The summed E-state index contributed by atoms with van der Waals surface area (Å²) >= 11 is 0. The summed E-state index contributed by atoms with van der Waals surface area (Å²) in [4.78, 5) is 11.3. The average molecular weight is 275 g/mol. The van der Waals surface area contributed by atoms with Gasteiger partial charge in [-0.15, -0.1) is 0 Å². The zero-order valence-electron chi connectivity index (χ0n) is 10.6. The van der Waals surface area contributed by atoms with Gasteiger partial charge in [0.2, 0.25) is 10.0 Å². The van der Waals surface area contributed by atoms with Gasteiger partial charge >= 0.3 is 5.97 Å². The molecular weight excluding hydrogens is 258 g/mol. The molecule has 0 spiro atoms. The van der Waals surface area contributed by atoms with Crippen LogP contribution >= 0.6 is 0 Å². The molecule has 18 heavy (non-hydrogen) atoms. The topological polar surface area (TPSA) is 92.4 Å². The number of methoxy groups -OCH3 is 1. The van der Waals surface area contributed by atoms with E-state index in [1.807, 2.05) is 6.92 Å². The van der Waals surface area contributed by atoms with Crippen LogP contribution in [0, 0.1) is 6.92 Å². The predicted octanol–water partition coefficient (Wildman–Crippen LogP) is 0.292. The molecule has 7 nitrogen and oxygen atoms in total. The maximum absolute atomic E-state index is 12.3. The smallest absolute Gasteiger partial charge is 0.321 e. The number of aromatic nitrogens is 2. The molecule has 0 atom stereocenters. The number of sulfonamides is 1. The van der Waals surface area contributed by atoms with Crippen LogP contribution in [0.3, 0.4) is 0 Å². The first-order valence-electron chi connectivity index (χ1n) is 5.50. The van der Waals surface area contributed by atoms with E-state index in [0.717, 1.165) is 4.31 Å². The molecule has 0 bridgehead atoms. The van der Waals surface area contributed by atoms with Gasteiger partial charge in [0.25, 0.3) is 0 Å². The predicted molar refractivity (Wildman–Crippen MR) is 64.4 cm³/mol. The summed E-state index contributed by atoms with van der Waals surface area (Å²) in [6, 6.07) is 0. The van der Waals surface area contributed by atoms with Crippen molar-refractivity contribution in [3.05, 3.63) is 11.9 Å². The van der Waals surface area contributed by atoms with Gasteiger partial charge in [0, 0.05) is 6.54 Å². The SMILES string of the molecule is CCCN(CC(=O)OC)S(=O)(=O)c1cn[nH]c1C. The molecule has 0 fully saturated rings. The number of nitrogens with one attached hydrogen (secondary N) is 1. The van der Waals surface area contributed by atoms with Crippen molar-refractivity contribution < 1.29 is 17.9 Å². The molecule has 1 aromatic heterocycles. The molecule has 1 heterocycles. The van der Waals surface area contributed by atoms with Crippen molar-refractivity contribution >= 4 is 16.0 Å². The van der Waals surface area contributed by atoms with Gasteiger partial charge in [0.05, 0.1) is 19.0 Å². The Bertz CT molecular complexity index is 509. The largest absolute Gasteiger partial charge is 0.468 e. The van der Waals surface area contributed by atoms with Gasteiger partial charge < -0.3 is 4.74 Å². The van der Waals surface area contributed by atoms with Gasteiger partial charge in [-0.05, 0) is 13.3 Å². The Morgan fingerprint density at radius 2 is 2.22 bits per heavy atom. The highest BCUT2D eigenvalue weighted by Gasteiger charge is 2.28. The standard InChI is InChI=1S/C10H17N3O4S/c1-4-5-13(7-10(14)17-3)18(15,16)9-6-11-12-8(9)2/h6H,4-5,7H2,1-3H3,(H,11,12). The average Bonchev–Trinajstić information content (AvgIpc) is 2.75. The Labute approximate surface area is 106 Å². The van der Waals surface area contributed by atoms with Crippen LogP contribution in [0.2, 0.25) is 0 Å². The molecule has 102 valence electrons. The van der Waals surface area contributed by atoms with E-state index in [0.29, 0.717) is 12.1 Å². The highest BCUT2D eigenvalue weighted by atomic mass is 32.2. The molecular formula is C10H17N3O4S. The van der Waals surface area contributed by atoms with Crippen LogP contribution < -0.4 is 0 Å². The fraction of sp³-hybridized carbons (Fsp3) is 0.600. The summed E-state index contributed by atoms with van der Waals surface area (Å²) in [6.45, 7) is 3.41. The summed E-state index contributed by atoms with van der Waals surface area (Å²) in [5, 5.41) is 6.25. The van der Waals surface area contributed by atoms with E-state index < -0.39 is 16.0 Å². The first kappa shape index (κ1) is 14.7. The van der Waals surface area contributed by atoms with Crippen molar-refractivity contribution in [1.82, 2.24) is 14.5 Å². The number of esters is 1. The molecule has 0 saturated heterocycles. The highest BCUT2D eigenvalue weighted by molar-refractivity contribution is 7.89. The molecule has 1 N–H and O–H groups in total. The first-order chi connectivity index (χ1) is 8.43. The fourth-order valence-corrected chi connectivity index (χ4v) is 3.08. The third-order valence-electron chi connectivity index (χ3n) is 2.41. The van der Waals surface area contributed by atoms with Crippen molar-refractivity contribution in [2.75, 3.05) is 20.2 Å². The highest BCUT2D eigenvalue weighted by Crippen LogP contribution is 2.17. The number of aromatic amines is 1. The molecule has 8 heteroatoms. The van der Waals surface area contributed by atoms with E-state index in [2.05, 4.69) is 14.9 Å². The summed E-state index contributed by atoms with van der Waals surface area (Å²) in [5.41, 5.74) is 0.445. The number of H-pyrrole nitrogens is 1. The lowest BCUT2D eigenvalue weighted by atomic mass is 10.5. The summed E-state index contributed by atoms with van der Waals surface area (Å²) < 4.78 is 30.2. The van der Waals surface area contributed by atoms with Crippen molar-refractivity contribution in [2.45, 2.75) is 25.2 Å². The Morgan fingerprint density at radius 3 is 2.67 bits per heavy atom.